The number of benzene rings is 1. The Balaban J connectivity index is 2.47. The van der Waals surface area contributed by atoms with E-state index in [9.17, 15) is 0 Å². The normalized spacial score (nSPS) is 12.1. The molecule has 1 atom stereocenters. The maximum atomic E-state index is 5.49. The van der Waals surface area contributed by atoms with Crippen LogP contribution < -0.4 is 4.74 Å². The van der Waals surface area contributed by atoms with E-state index in [0.29, 0.717) is 6.61 Å². The Morgan fingerprint density at radius 1 is 1.36 bits per heavy atom. The second-order valence-corrected chi connectivity index (χ2v) is 3.10. The zero-order valence-electron chi connectivity index (χ0n) is 8.69. The SMILES string of the molecule is C=C[C@H](C)OCc1ccc(OC)cc1. The molecule has 1 aromatic rings. The van der Waals surface area contributed by atoms with Crippen molar-refractivity contribution >= 4 is 0 Å². The third kappa shape index (κ3) is 3.23. The minimum atomic E-state index is 0.0945. The maximum absolute atomic E-state index is 5.49. The molecule has 0 bridgehead atoms. The van der Waals surface area contributed by atoms with Crippen molar-refractivity contribution in [2.24, 2.45) is 0 Å². The lowest BCUT2D eigenvalue weighted by atomic mass is 10.2. The summed E-state index contributed by atoms with van der Waals surface area (Å²) in [4.78, 5) is 0. The number of hydrogen-bond acceptors (Lipinski definition) is 2. The van der Waals surface area contributed by atoms with E-state index < -0.39 is 0 Å². The Bertz CT molecular complexity index is 277. The van der Waals surface area contributed by atoms with E-state index in [-0.39, 0.29) is 6.10 Å². The Morgan fingerprint density at radius 3 is 2.50 bits per heavy atom. The fourth-order valence-corrected chi connectivity index (χ4v) is 1.02. The van der Waals surface area contributed by atoms with Gasteiger partial charge in [0, 0.05) is 0 Å². The minimum Gasteiger partial charge on any atom is -0.497 e. The van der Waals surface area contributed by atoms with Crippen LogP contribution in [0.1, 0.15) is 12.5 Å². The Labute approximate surface area is 85.2 Å². The number of methoxy groups -OCH3 is 1. The van der Waals surface area contributed by atoms with Crippen LogP contribution in [0.15, 0.2) is 36.9 Å². The summed E-state index contributed by atoms with van der Waals surface area (Å²) < 4.78 is 10.6. The molecule has 1 aromatic carbocycles. The van der Waals surface area contributed by atoms with Crippen LogP contribution in [0.4, 0.5) is 0 Å². The lowest BCUT2D eigenvalue weighted by Crippen LogP contribution is -2.03. The molecule has 0 saturated heterocycles. The molecule has 14 heavy (non-hydrogen) atoms. The summed E-state index contributed by atoms with van der Waals surface area (Å²) in [5, 5.41) is 0. The predicted molar refractivity (Wildman–Crippen MR) is 57.4 cm³/mol. The molecule has 0 radical (unpaired) electrons. The van der Waals surface area contributed by atoms with E-state index >= 15 is 0 Å². The first kappa shape index (κ1) is 10.8. The summed E-state index contributed by atoms with van der Waals surface area (Å²) in [5.41, 5.74) is 1.14. The molecule has 1 rings (SSSR count). The molecule has 0 N–H and O–H groups in total. The van der Waals surface area contributed by atoms with E-state index in [1.807, 2.05) is 31.2 Å². The van der Waals surface area contributed by atoms with Crippen molar-refractivity contribution in [3.05, 3.63) is 42.5 Å². The first-order valence-electron chi connectivity index (χ1n) is 4.63. The van der Waals surface area contributed by atoms with Gasteiger partial charge in [-0.25, -0.2) is 0 Å². The molecule has 0 aliphatic carbocycles. The summed E-state index contributed by atoms with van der Waals surface area (Å²) >= 11 is 0. The van der Waals surface area contributed by atoms with Crippen LogP contribution in [-0.2, 0) is 11.3 Å². The van der Waals surface area contributed by atoms with Gasteiger partial charge in [0.25, 0.3) is 0 Å². The Hall–Kier alpha value is -1.28. The first-order valence-corrected chi connectivity index (χ1v) is 4.63. The van der Waals surface area contributed by atoms with E-state index in [4.69, 9.17) is 9.47 Å². The van der Waals surface area contributed by atoms with Crippen molar-refractivity contribution in [3.63, 3.8) is 0 Å². The van der Waals surface area contributed by atoms with Crippen molar-refractivity contribution in [2.75, 3.05) is 7.11 Å². The van der Waals surface area contributed by atoms with Crippen LogP contribution in [0, 0.1) is 0 Å². The highest BCUT2D eigenvalue weighted by atomic mass is 16.5. The molecule has 0 fully saturated rings. The van der Waals surface area contributed by atoms with Gasteiger partial charge in [-0.1, -0.05) is 18.2 Å². The smallest absolute Gasteiger partial charge is 0.118 e. The van der Waals surface area contributed by atoms with E-state index in [1.165, 1.54) is 0 Å². The van der Waals surface area contributed by atoms with Gasteiger partial charge in [-0.2, -0.15) is 0 Å². The molecule has 0 aliphatic rings. The van der Waals surface area contributed by atoms with E-state index in [1.54, 1.807) is 13.2 Å². The van der Waals surface area contributed by atoms with Crippen molar-refractivity contribution in [1.82, 2.24) is 0 Å². The highest BCUT2D eigenvalue weighted by molar-refractivity contribution is 5.26. The van der Waals surface area contributed by atoms with Gasteiger partial charge < -0.3 is 9.47 Å². The van der Waals surface area contributed by atoms with Crippen LogP contribution in [0.5, 0.6) is 5.75 Å². The summed E-state index contributed by atoms with van der Waals surface area (Å²) in [5.74, 6) is 0.866. The average Bonchev–Trinajstić information content (AvgIpc) is 2.26. The molecule has 76 valence electrons. The second-order valence-electron chi connectivity index (χ2n) is 3.10. The van der Waals surface area contributed by atoms with Gasteiger partial charge in [0.15, 0.2) is 0 Å². The van der Waals surface area contributed by atoms with Gasteiger partial charge >= 0.3 is 0 Å². The van der Waals surface area contributed by atoms with Gasteiger partial charge in [0.1, 0.15) is 5.75 Å². The molecule has 0 saturated carbocycles. The molecule has 0 unspecified atom stereocenters. The van der Waals surface area contributed by atoms with E-state index in [2.05, 4.69) is 6.58 Å². The topological polar surface area (TPSA) is 18.5 Å². The number of ether oxygens (including phenoxy) is 2. The zero-order chi connectivity index (χ0) is 10.4. The van der Waals surface area contributed by atoms with Gasteiger partial charge in [-0.05, 0) is 24.6 Å². The Kier molecular flexibility index (Phi) is 4.20. The summed E-state index contributed by atoms with van der Waals surface area (Å²) in [6.45, 7) is 6.23. The maximum Gasteiger partial charge on any atom is 0.118 e. The van der Waals surface area contributed by atoms with Crippen LogP contribution in [0.2, 0.25) is 0 Å². The van der Waals surface area contributed by atoms with Gasteiger partial charge in [-0.3, -0.25) is 0 Å². The van der Waals surface area contributed by atoms with Gasteiger partial charge in [-0.15, -0.1) is 6.58 Å². The second kappa shape index (κ2) is 5.45. The summed E-state index contributed by atoms with van der Waals surface area (Å²) in [6.07, 6.45) is 1.88. The van der Waals surface area contributed by atoms with Crippen molar-refractivity contribution < 1.29 is 9.47 Å². The van der Waals surface area contributed by atoms with Crippen molar-refractivity contribution in [2.45, 2.75) is 19.6 Å². The van der Waals surface area contributed by atoms with Gasteiger partial charge in [0.05, 0.1) is 19.8 Å². The summed E-state index contributed by atoms with van der Waals surface area (Å²) in [7, 11) is 1.66. The standard InChI is InChI=1S/C12H16O2/c1-4-10(2)14-9-11-5-7-12(13-3)8-6-11/h4-8,10H,1,9H2,2-3H3/t10-/m0/s1. The molecule has 0 spiro atoms. The third-order valence-electron chi connectivity index (χ3n) is 2.00. The first-order chi connectivity index (χ1) is 6.76. The lowest BCUT2D eigenvalue weighted by Gasteiger charge is -2.08. The van der Waals surface area contributed by atoms with E-state index in [0.717, 1.165) is 11.3 Å². The zero-order valence-corrected chi connectivity index (χ0v) is 8.69. The predicted octanol–water partition coefficient (Wildman–Crippen LogP) is 2.79. The quantitative estimate of drug-likeness (QED) is 0.668. The Morgan fingerprint density at radius 2 is 2.00 bits per heavy atom. The molecule has 0 heterocycles. The summed E-state index contributed by atoms with van der Waals surface area (Å²) in [6, 6.07) is 7.85. The third-order valence-corrected chi connectivity index (χ3v) is 2.00. The largest absolute Gasteiger partial charge is 0.497 e. The lowest BCUT2D eigenvalue weighted by molar-refractivity contribution is 0.0843. The molecule has 2 heteroatoms. The molecule has 0 amide bonds. The van der Waals surface area contributed by atoms with Crippen molar-refractivity contribution in [3.8, 4) is 5.75 Å². The molecule has 2 nitrogen and oxygen atoms in total. The van der Waals surface area contributed by atoms with Crippen molar-refractivity contribution in [1.29, 1.82) is 0 Å². The van der Waals surface area contributed by atoms with Crippen LogP contribution in [-0.4, -0.2) is 13.2 Å². The highest BCUT2D eigenvalue weighted by Gasteiger charge is 1.97. The number of rotatable bonds is 5. The minimum absolute atomic E-state index is 0.0945. The molecule has 0 aromatic heterocycles. The molecular formula is C12H16O2. The van der Waals surface area contributed by atoms with Crippen LogP contribution >= 0.6 is 0 Å². The molecular weight excluding hydrogens is 176 g/mol. The van der Waals surface area contributed by atoms with Crippen LogP contribution in [0.25, 0.3) is 0 Å². The highest BCUT2D eigenvalue weighted by Crippen LogP contribution is 2.12. The number of hydrogen-bond donors (Lipinski definition) is 0. The monoisotopic (exact) mass is 192 g/mol. The van der Waals surface area contributed by atoms with Gasteiger partial charge in [0.2, 0.25) is 0 Å². The average molecular weight is 192 g/mol. The fraction of sp³-hybridized carbons (Fsp3) is 0.333. The molecule has 0 aliphatic heterocycles. The fourth-order valence-electron chi connectivity index (χ4n) is 1.02. The van der Waals surface area contributed by atoms with Crippen LogP contribution in [0.3, 0.4) is 0 Å².